The zero-order valence-electron chi connectivity index (χ0n) is 6.33. The van der Waals surface area contributed by atoms with Crippen LogP contribution >= 0.6 is 0 Å². The van der Waals surface area contributed by atoms with Crippen LogP contribution in [-0.4, -0.2) is 18.2 Å². The van der Waals surface area contributed by atoms with Crippen molar-refractivity contribution in [2.45, 2.75) is 6.92 Å². The molecule has 0 fully saturated rings. The second-order valence-electron chi connectivity index (χ2n) is 2.42. The van der Waals surface area contributed by atoms with Gasteiger partial charge in [0.05, 0.1) is 5.69 Å². The molecule has 2 heterocycles. The van der Waals surface area contributed by atoms with Crippen LogP contribution in [0.5, 0.6) is 11.5 Å². The fraction of sp³-hybridized carbons (Fsp3) is 0.375. The smallest absolute Gasteiger partial charge is 0.182 e. The van der Waals surface area contributed by atoms with Crippen molar-refractivity contribution in [3.05, 3.63) is 18.0 Å². The summed E-state index contributed by atoms with van der Waals surface area (Å²) >= 11 is 0. The van der Waals surface area contributed by atoms with Gasteiger partial charge >= 0.3 is 0 Å². The van der Waals surface area contributed by atoms with E-state index in [9.17, 15) is 0 Å². The molecule has 0 aromatic carbocycles. The molecule has 0 N–H and O–H groups in total. The van der Waals surface area contributed by atoms with Gasteiger partial charge in [0.15, 0.2) is 11.5 Å². The lowest BCUT2D eigenvalue weighted by atomic mass is 10.3. The van der Waals surface area contributed by atoms with Crippen molar-refractivity contribution in [1.29, 1.82) is 0 Å². The van der Waals surface area contributed by atoms with Crippen LogP contribution in [0.15, 0.2) is 12.3 Å². The highest BCUT2D eigenvalue weighted by molar-refractivity contribution is 5.42. The van der Waals surface area contributed by atoms with E-state index in [2.05, 4.69) is 4.98 Å². The Kier molecular flexibility index (Phi) is 1.42. The Morgan fingerprint density at radius 1 is 1.36 bits per heavy atom. The number of pyridine rings is 1. The van der Waals surface area contributed by atoms with Gasteiger partial charge in [0.2, 0.25) is 0 Å². The molecule has 0 saturated carbocycles. The van der Waals surface area contributed by atoms with Gasteiger partial charge in [0.1, 0.15) is 13.2 Å². The summed E-state index contributed by atoms with van der Waals surface area (Å²) in [7, 11) is 0. The molecule has 0 bridgehead atoms. The number of aryl methyl sites for hydroxylation is 1. The summed E-state index contributed by atoms with van der Waals surface area (Å²) in [5.41, 5.74) is 0.891. The molecule has 0 saturated heterocycles. The maximum Gasteiger partial charge on any atom is 0.182 e. The number of fused-ring (bicyclic) bond motifs is 1. The SMILES string of the molecule is Cc1nccc2c1OCCO2. The van der Waals surface area contributed by atoms with Gasteiger partial charge in [-0.05, 0) is 6.92 Å². The lowest BCUT2D eigenvalue weighted by Gasteiger charge is -2.18. The van der Waals surface area contributed by atoms with Gasteiger partial charge in [-0.25, -0.2) is 0 Å². The minimum Gasteiger partial charge on any atom is -0.486 e. The van der Waals surface area contributed by atoms with Crippen LogP contribution in [0.25, 0.3) is 0 Å². The summed E-state index contributed by atoms with van der Waals surface area (Å²) < 4.78 is 10.7. The summed E-state index contributed by atoms with van der Waals surface area (Å²) in [5.74, 6) is 1.60. The van der Waals surface area contributed by atoms with Crippen molar-refractivity contribution in [2.24, 2.45) is 0 Å². The Labute approximate surface area is 65.0 Å². The molecular weight excluding hydrogens is 142 g/mol. The van der Waals surface area contributed by atoms with E-state index in [1.807, 2.05) is 13.0 Å². The van der Waals surface area contributed by atoms with Crippen molar-refractivity contribution in [1.82, 2.24) is 4.98 Å². The average Bonchev–Trinajstić information content (AvgIpc) is 2.06. The van der Waals surface area contributed by atoms with Gasteiger partial charge in [-0.3, -0.25) is 4.98 Å². The molecule has 3 heteroatoms. The molecule has 11 heavy (non-hydrogen) atoms. The first-order chi connectivity index (χ1) is 5.38. The molecule has 58 valence electrons. The van der Waals surface area contributed by atoms with Crippen LogP contribution < -0.4 is 9.47 Å². The van der Waals surface area contributed by atoms with E-state index in [4.69, 9.17) is 9.47 Å². The lowest BCUT2D eigenvalue weighted by molar-refractivity contribution is 0.169. The molecule has 0 amide bonds. The number of hydrogen-bond acceptors (Lipinski definition) is 3. The summed E-state index contributed by atoms with van der Waals surface area (Å²) in [4.78, 5) is 4.09. The monoisotopic (exact) mass is 151 g/mol. The third kappa shape index (κ3) is 1.02. The Bertz CT molecular complexity index is 273. The fourth-order valence-electron chi connectivity index (χ4n) is 1.11. The van der Waals surface area contributed by atoms with Crippen LogP contribution in [0.1, 0.15) is 5.69 Å². The Morgan fingerprint density at radius 3 is 3.00 bits per heavy atom. The predicted molar refractivity (Wildman–Crippen MR) is 40.0 cm³/mol. The number of rotatable bonds is 0. The summed E-state index contributed by atoms with van der Waals surface area (Å²) in [5, 5.41) is 0. The first-order valence-electron chi connectivity index (χ1n) is 3.59. The van der Waals surface area contributed by atoms with E-state index in [0.717, 1.165) is 17.2 Å². The van der Waals surface area contributed by atoms with E-state index in [-0.39, 0.29) is 0 Å². The molecule has 1 aliphatic heterocycles. The van der Waals surface area contributed by atoms with Crippen LogP contribution in [-0.2, 0) is 0 Å². The quantitative estimate of drug-likeness (QED) is 0.557. The van der Waals surface area contributed by atoms with Crippen LogP contribution in [0.4, 0.5) is 0 Å². The van der Waals surface area contributed by atoms with E-state index in [0.29, 0.717) is 13.2 Å². The van der Waals surface area contributed by atoms with Crippen molar-refractivity contribution < 1.29 is 9.47 Å². The van der Waals surface area contributed by atoms with Crippen molar-refractivity contribution in [3.8, 4) is 11.5 Å². The Hall–Kier alpha value is -1.25. The minimum atomic E-state index is 0.625. The normalized spacial score (nSPS) is 14.6. The Morgan fingerprint density at radius 2 is 2.18 bits per heavy atom. The largest absolute Gasteiger partial charge is 0.486 e. The molecule has 2 rings (SSSR count). The molecular formula is C8H9NO2. The fourth-order valence-corrected chi connectivity index (χ4v) is 1.11. The summed E-state index contributed by atoms with van der Waals surface area (Å²) in [6.07, 6.45) is 1.73. The van der Waals surface area contributed by atoms with Crippen molar-refractivity contribution in [3.63, 3.8) is 0 Å². The molecule has 3 nitrogen and oxygen atoms in total. The zero-order valence-corrected chi connectivity index (χ0v) is 6.33. The molecule has 0 radical (unpaired) electrons. The summed E-state index contributed by atoms with van der Waals surface area (Å²) in [6, 6.07) is 1.82. The summed E-state index contributed by atoms with van der Waals surface area (Å²) in [6.45, 7) is 3.17. The first kappa shape index (κ1) is 6.46. The van der Waals surface area contributed by atoms with Crippen LogP contribution in [0.2, 0.25) is 0 Å². The maximum absolute atomic E-state index is 5.37. The number of nitrogens with zero attached hydrogens (tertiary/aromatic N) is 1. The standard InChI is InChI=1S/C8H9NO2/c1-6-8-7(2-3-9-6)10-4-5-11-8/h2-3H,4-5H2,1H3. The zero-order chi connectivity index (χ0) is 7.68. The van der Waals surface area contributed by atoms with E-state index < -0.39 is 0 Å². The molecule has 0 aliphatic carbocycles. The van der Waals surface area contributed by atoms with Crippen molar-refractivity contribution >= 4 is 0 Å². The van der Waals surface area contributed by atoms with E-state index >= 15 is 0 Å². The molecule has 1 aromatic heterocycles. The van der Waals surface area contributed by atoms with Crippen LogP contribution in [0, 0.1) is 6.92 Å². The molecule has 0 unspecified atom stereocenters. The Balaban J connectivity index is 2.49. The van der Waals surface area contributed by atoms with E-state index in [1.165, 1.54) is 0 Å². The lowest BCUT2D eigenvalue weighted by Crippen LogP contribution is -2.16. The third-order valence-corrected chi connectivity index (χ3v) is 1.63. The molecule has 1 aliphatic rings. The highest BCUT2D eigenvalue weighted by atomic mass is 16.6. The van der Waals surface area contributed by atoms with Gasteiger partial charge in [-0.1, -0.05) is 0 Å². The highest BCUT2D eigenvalue weighted by Gasteiger charge is 2.13. The highest BCUT2D eigenvalue weighted by Crippen LogP contribution is 2.31. The first-order valence-corrected chi connectivity index (χ1v) is 3.59. The second kappa shape index (κ2) is 2.42. The van der Waals surface area contributed by atoms with Crippen molar-refractivity contribution in [2.75, 3.05) is 13.2 Å². The number of ether oxygens (including phenoxy) is 2. The average molecular weight is 151 g/mol. The minimum absolute atomic E-state index is 0.625. The third-order valence-electron chi connectivity index (χ3n) is 1.63. The topological polar surface area (TPSA) is 31.4 Å². The van der Waals surface area contributed by atoms with Gasteiger partial charge in [0.25, 0.3) is 0 Å². The molecule has 1 aromatic rings. The van der Waals surface area contributed by atoms with Gasteiger partial charge in [0, 0.05) is 12.3 Å². The van der Waals surface area contributed by atoms with Gasteiger partial charge in [-0.2, -0.15) is 0 Å². The second-order valence-corrected chi connectivity index (χ2v) is 2.42. The maximum atomic E-state index is 5.37. The molecule has 0 atom stereocenters. The van der Waals surface area contributed by atoms with Gasteiger partial charge in [-0.15, -0.1) is 0 Å². The number of hydrogen-bond donors (Lipinski definition) is 0. The molecule has 0 spiro atoms. The predicted octanol–water partition coefficient (Wildman–Crippen LogP) is 1.16. The van der Waals surface area contributed by atoms with E-state index in [1.54, 1.807) is 6.20 Å². The van der Waals surface area contributed by atoms with Crippen LogP contribution in [0.3, 0.4) is 0 Å². The number of aromatic nitrogens is 1. The van der Waals surface area contributed by atoms with Gasteiger partial charge < -0.3 is 9.47 Å².